The Balaban J connectivity index is 1.66. The Labute approximate surface area is 276 Å². The maximum Gasteiger partial charge on any atom is 0.200 e. The zero-order chi connectivity index (χ0) is 33.6. The lowest BCUT2D eigenvalue weighted by Gasteiger charge is -2.38. The summed E-state index contributed by atoms with van der Waals surface area (Å²) in [5.74, 6) is 7.14. The molecule has 0 bridgehead atoms. The molecule has 46 heavy (non-hydrogen) atoms. The number of rotatable bonds is 6. The van der Waals surface area contributed by atoms with Gasteiger partial charge in [-0.05, 0) is 57.5 Å². The lowest BCUT2D eigenvalue weighted by Crippen LogP contribution is -2.43. The highest BCUT2D eigenvalue weighted by atomic mass is 28.3. The van der Waals surface area contributed by atoms with Gasteiger partial charge in [-0.1, -0.05) is 107 Å². The first-order valence-corrected chi connectivity index (χ1v) is 21.3. The molecule has 0 aliphatic heterocycles. The van der Waals surface area contributed by atoms with Gasteiger partial charge in [0.2, 0.25) is 22.6 Å². The number of nitrogens with zero attached hydrogens (tertiary/aromatic N) is 6. The van der Waals surface area contributed by atoms with E-state index in [2.05, 4.69) is 106 Å². The van der Waals surface area contributed by atoms with Crippen molar-refractivity contribution in [3.8, 4) is 22.9 Å². The number of aromatic nitrogens is 6. The van der Waals surface area contributed by atoms with E-state index in [1.165, 1.54) is 0 Å². The maximum atomic E-state index is 4.96. The van der Waals surface area contributed by atoms with Crippen molar-refractivity contribution >= 4 is 60.8 Å². The molecule has 8 heteroatoms. The normalized spacial score (nSPS) is 12.7. The van der Waals surface area contributed by atoms with Crippen LogP contribution in [-0.2, 0) is 0 Å². The molecule has 0 fully saturated rings. The average Bonchev–Trinajstić information content (AvgIpc) is 2.97. The van der Waals surface area contributed by atoms with Crippen molar-refractivity contribution < 1.29 is 0 Å². The molecular formula is C38H48N6Si2. The zero-order valence-corrected chi connectivity index (χ0v) is 31.6. The van der Waals surface area contributed by atoms with Crippen LogP contribution < -0.4 is 0 Å². The number of benzene rings is 2. The first-order chi connectivity index (χ1) is 21.7. The minimum Gasteiger partial charge on any atom is -0.223 e. The Morgan fingerprint density at radius 1 is 0.413 bits per heavy atom. The maximum absolute atomic E-state index is 4.96. The molecule has 0 spiro atoms. The van der Waals surface area contributed by atoms with E-state index in [0.29, 0.717) is 55.8 Å². The van der Waals surface area contributed by atoms with E-state index >= 15 is 0 Å². The molecule has 6 nitrogen and oxygen atoms in total. The summed E-state index contributed by atoms with van der Waals surface area (Å²) < 4.78 is 0. The summed E-state index contributed by atoms with van der Waals surface area (Å²) in [5, 5.41) is 0. The predicted octanol–water partition coefficient (Wildman–Crippen LogP) is 9.81. The first kappa shape index (κ1) is 33.6. The molecule has 0 saturated carbocycles. The molecule has 0 saturated heterocycles. The fourth-order valence-corrected chi connectivity index (χ4v) is 18.5. The summed E-state index contributed by atoms with van der Waals surface area (Å²) in [6, 6.07) is 12.0. The highest BCUT2D eigenvalue weighted by Gasteiger charge is 2.42. The summed E-state index contributed by atoms with van der Waals surface area (Å²) >= 11 is 0. The van der Waals surface area contributed by atoms with Crippen molar-refractivity contribution in [2.45, 2.75) is 116 Å². The number of hydrogen-bond donors (Lipinski definition) is 0. The highest BCUT2D eigenvalue weighted by molar-refractivity contribution is 6.91. The molecule has 2 aromatic carbocycles. The summed E-state index contributed by atoms with van der Waals surface area (Å²) in [4.78, 5) is 29.3. The van der Waals surface area contributed by atoms with Gasteiger partial charge in [-0.25, -0.2) is 29.9 Å². The number of fused-ring (bicyclic) bond motifs is 4. The van der Waals surface area contributed by atoms with Gasteiger partial charge in [0, 0.05) is 0 Å². The lowest BCUT2D eigenvalue weighted by atomic mass is 10.2. The lowest BCUT2D eigenvalue weighted by molar-refractivity contribution is 0.838. The van der Waals surface area contributed by atoms with Crippen LogP contribution in [0.3, 0.4) is 0 Å². The standard InChI is InChI=1S/C38H48N6Si2/c1-23(2)45(24(3)4,25(5)6)21-19-29-15-13-17-31-33(29)41-37-35(39-31)44-38-36(43-37)40-32-18-14-16-30(34(32)42-38)20-22-46(26(7)8,27(9)10)28(11)12/h13-18,23-28H,1-12H3. The molecule has 238 valence electrons. The predicted molar refractivity (Wildman–Crippen MR) is 199 cm³/mol. The van der Waals surface area contributed by atoms with E-state index in [9.17, 15) is 0 Å². The molecule has 3 aromatic heterocycles. The second-order valence-electron chi connectivity index (χ2n) is 14.6. The van der Waals surface area contributed by atoms with Crippen molar-refractivity contribution in [2.24, 2.45) is 0 Å². The molecule has 5 rings (SSSR count). The molecule has 0 aliphatic rings. The minimum absolute atomic E-state index is 0.445. The van der Waals surface area contributed by atoms with E-state index in [-0.39, 0.29) is 0 Å². The van der Waals surface area contributed by atoms with Crippen molar-refractivity contribution in [1.82, 2.24) is 29.9 Å². The van der Waals surface area contributed by atoms with Gasteiger partial charge in [-0.15, -0.1) is 11.1 Å². The Kier molecular flexibility index (Phi) is 9.37. The number of para-hydroxylation sites is 2. The fourth-order valence-electron chi connectivity index (χ4n) is 8.04. The van der Waals surface area contributed by atoms with Crippen LogP contribution in [0.15, 0.2) is 36.4 Å². The second kappa shape index (κ2) is 12.8. The summed E-state index contributed by atoms with van der Waals surface area (Å²) in [6.45, 7) is 28.0. The molecule has 0 aliphatic carbocycles. The van der Waals surface area contributed by atoms with Gasteiger partial charge in [0.25, 0.3) is 0 Å². The second-order valence-corrected chi connectivity index (χ2v) is 25.8. The third kappa shape index (κ3) is 5.71. The van der Waals surface area contributed by atoms with E-state index in [1.54, 1.807) is 0 Å². The van der Waals surface area contributed by atoms with Crippen LogP contribution >= 0.6 is 0 Å². The highest BCUT2D eigenvalue weighted by Crippen LogP contribution is 2.42. The van der Waals surface area contributed by atoms with Crippen LogP contribution in [0.25, 0.3) is 44.7 Å². The van der Waals surface area contributed by atoms with Gasteiger partial charge in [0.15, 0.2) is 0 Å². The minimum atomic E-state index is -1.92. The molecule has 0 atom stereocenters. The van der Waals surface area contributed by atoms with Crippen LogP contribution in [-0.4, -0.2) is 46.1 Å². The Morgan fingerprint density at radius 3 is 1.02 bits per heavy atom. The van der Waals surface area contributed by atoms with Crippen LogP contribution in [0, 0.1) is 22.9 Å². The number of hydrogen-bond acceptors (Lipinski definition) is 6. The molecule has 0 N–H and O–H groups in total. The Morgan fingerprint density at radius 2 is 0.717 bits per heavy atom. The van der Waals surface area contributed by atoms with Gasteiger partial charge in [0.05, 0.1) is 22.2 Å². The van der Waals surface area contributed by atoms with Crippen molar-refractivity contribution in [1.29, 1.82) is 0 Å². The topological polar surface area (TPSA) is 77.3 Å². The largest absolute Gasteiger partial charge is 0.223 e. The molecule has 5 aromatic rings. The monoisotopic (exact) mass is 644 g/mol. The van der Waals surface area contributed by atoms with Crippen molar-refractivity contribution in [3.05, 3.63) is 47.5 Å². The molecule has 0 radical (unpaired) electrons. The van der Waals surface area contributed by atoms with Crippen molar-refractivity contribution in [3.63, 3.8) is 0 Å². The van der Waals surface area contributed by atoms with Crippen LogP contribution in [0.5, 0.6) is 0 Å². The molecule has 3 heterocycles. The first-order valence-electron chi connectivity index (χ1n) is 16.8. The average molecular weight is 645 g/mol. The van der Waals surface area contributed by atoms with E-state index in [0.717, 1.165) is 33.2 Å². The van der Waals surface area contributed by atoms with Gasteiger partial charge in [-0.3, -0.25) is 0 Å². The molecular weight excluding hydrogens is 597 g/mol. The molecule has 0 unspecified atom stereocenters. The summed E-state index contributed by atoms with van der Waals surface area (Å²) in [7, 11) is -3.83. The van der Waals surface area contributed by atoms with Crippen LogP contribution in [0.4, 0.5) is 0 Å². The quantitative estimate of drug-likeness (QED) is 0.104. The zero-order valence-electron chi connectivity index (χ0n) is 29.6. The van der Waals surface area contributed by atoms with Gasteiger partial charge >= 0.3 is 0 Å². The Bertz CT molecular complexity index is 1870. The van der Waals surface area contributed by atoms with E-state index < -0.39 is 16.1 Å². The van der Waals surface area contributed by atoms with Crippen LogP contribution in [0.1, 0.15) is 94.2 Å². The SMILES string of the molecule is CC(C)[Si](C#Cc1cccc2nc3nc4nc5c(C#C[Si](C(C)C)(C(C)C)C(C)C)cccc5nc4nc3nc12)(C(C)C)C(C)C. The summed E-state index contributed by atoms with van der Waals surface area (Å²) in [5.41, 5.74) is 17.5. The van der Waals surface area contributed by atoms with Gasteiger partial charge in [0.1, 0.15) is 27.2 Å². The van der Waals surface area contributed by atoms with E-state index in [1.807, 2.05) is 36.4 Å². The van der Waals surface area contributed by atoms with E-state index in [4.69, 9.17) is 29.9 Å². The summed E-state index contributed by atoms with van der Waals surface area (Å²) in [6.07, 6.45) is 0. The smallest absolute Gasteiger partial charge is 0.200 e. The molecule has 0 amide bonds. The van der Waals surface area contributed by atoms with Gasteiger partial charge < -0.3 is 0 Å². The third-order valence-corrected chi connectivity index (χ3v) is 22.9. The third-order valence-electron chi connectivity index (χ3n) is 10.3. The fraction of sp³-hybridized carbons (Fsp3) is 0.474. The van der Waals surface area contributed by atoms with Crippen molar-refractivity contribution in [2.75, 3.05) is 0 Å². The van der Waals surface area contributed by atoms with Gasteiger partial charge in [-0.2, -0.15) is 0 Å². The van der Waals surface area contributed by atoms with Crippen LogP contribution in [0.2, 0.25) is 33.2 Å². The Hall–Kier alpha value is -3.73.